The molecule has 1 nitrogen and oxygen atoms in total. The average molecular weight is 279 g/mol. The first-order valence-electron chi connectivity index (χ1n) is 8.01. The van der Waals surface area contributed by atoms with Crippen molar-refractivity contribution in [3.05, 3.63) is 47.5 Å². The van der Waals surface area contributed by atoms with Crippen LogP contribution < -0.4 is 0 Å². The Balaban J connectivity index is 2.41. The van der Waals surface area contributed by atoms with E-state index in [0.29, 0.717) is 0 Å². The Bertz CT molecular complexity index is 800. The smallest absolute Gasteiger partial charge is 0.0491 e. The highest BCUT2D eigenvalue weighted by molar-refractivity contribution is 6.08. The maximum absolute atomic E-state index is 2.43. The highest BCUT2D eigenvalue weighted by Crippen LogP contribution is 2.33. The van der Waals surface area contributed by atoms with Crippen LogP contribution in [0.15, 0.2) is 36.4 Å². The zero-order chi connectivity index (χ0) is 15.2. The Labute approximate surface area is 127 Å². The molecule has 0 N–H and O–H groups in total. The lowest BCUT2D eigenvalue weighted by Gasteiger charge is -2.19. The normalized spacial score (nSPS) is 12.4. The van der Waals surface area contributed by atoms with Gasteiger partial charge in [-0.1, -0.05) is 39.8 Å². The molecule has 0 aliphatic rings. The molecule has 1 aromatic heterocycles. The van der Waals surface area contributed by atoms with Gasteiger partial charge in [0.2, 0.25) is 0 Å². The fourth-order valence-corrected chi connectivity index (χ4v) is 3.18. The molecule has 0 spiro atoms. The molecule has 0 unspecified atom stereocenters. The van der Waals surface area contributed by atoms with Gasteiger partial charge in [0.25, 0.3) is 0 Å². The van der Waals surface area contributed by atoms with Gasteiger partial charge in [0.1, 0.15) is 0 Å². The molecule has 110 valence electrons. The molecule has 2 aromatic carbocycles. The fourth-order valence-electron chi connectivity index (χ4n) is 3.18. The van der Waals surface area contributed by atoms with Crippen LogP contribution in [0.1, 0.15) is 45.7 Å². The minimum absolute atomic E-state index is 0.192. The largest absolute Gasteiger partial charge is 0.341 e. The van der Waals surface area contributed by atoms with Crippen LogP contribution in [0.5, 0.6) is 0 Å². The Morgan fingerprint density at radius 2 is 1.48 bits per heavy atom. The van der Waals surface area contributed by atoms with E-state index in [9.17, 15) is 0 Å². The van der Waals surface area contributed by atoms with Crippen LogP contribution in [-0.2, 0) is 18.4 Å². The minimum Gasteiger partial charge on any atom is -0.341 e. The van der Waals surface area contributed by atoms with Crippen LogP contribution in [0.4, 0.5) is 0 Å². The molecule has 3 aromatic rings. The highest BCUT2D eigenvalue weighted by atomic mass is 15.0. The second-order valence-corrected chi connectivity index (χ2v) is 6.93. The number of hydrogen-bond acceptors (Lipinski definition) is 0. The first-order valence-corrected chi connectivity index (χ1v) is 8.01. The second kappa shape index (κ2) is 4.91. The van der Waals surface area contributed by atoms with Gasteiger partial charge in [-0.3, -0.25) is 0 Å². The molecular formula is C20H25N. The number of nitrogens with zero attached hydrogens (tertiary/aromatic N) is 1. The lowest BCUT2D eigenvalue weighted by atomic mass is 9.86. The van der Waals surface area contributed by atoms with Crippen LogP contribution in [0.25, 0.3) is 21.8 Å². The van der Waals surface area contributed by atoms with Gasteiger partial charge in [0.05, 0.1) is 0 Å². The monoisotopic (exact) mass is 279 g/mol. The Kier molecular flexibility index (Phi) is 3.32. The van der Waals surface area contributed by atoms with Gasteiger partial charge < -0.3 is 4.57 Å². The van der Waals surface area contributed by atoms with Crippen molar-refractivity contribution in [1.82, 2.24) is 4.57 Å². The first-order chi connectivity index (χ1) is 9.95. The molecule has 0 radical (unpaired) electrons. The van der Waals surface area contributed by atoms with Crippen LogP contribution in [0, 0.1) is 0 Å². The van der Waals surface area contributed by atoms with Crippen molar-refractivity contribution in [3.8, 4) is 0 Å². The van der Waals surface area contributed by atoms with Gasteiger partial charge in [-0.25, -0.2) is 0 Å². The van der Waals surface area contributed by atoms with Gasteiger partial charge >= 0.3 is 0 Å². The Hall–Kier alpha value is -1.76. The third-order valence-electron chi connectivity index (χ3n) is 4.52. The summed E-state index contributed by atoms with van der Waals surface area (Å²) in [6.45, 7) is 12.3. The second-order valence-electron chi connectivity index (χ2n) is 6.93. The number of aromatic nitrogens is 1. The molecule has 0 aliphatic heterocycles. The van der Waals surface area contributed by atoms with Crippen LogP contribution in [0.3, 0.4) is 0 Å². The van der Waals surface area contributed by atoms with Crippen molar-refractivity contribution < 1.29 is 0 Å². The van der Waals surface area contributed by atoms with E-state index in [1.165, 1.54) is 32.9 Å². The van der Waals surface area contributed by atoms with Crippen molar-refractivity contribution in [2.75, 3.05) is 0 Å². The van der Waals surface area contributed by atoms with Crippen LogP contribution in [0.2, 0.25) is 0 Å². The summed E-state index contributed by atoms with van der Waals surface area (Å²) in [6, 6.07) is 13.9. The number of aryl methyl sites for hydroxylation is 2. The fraction of sp³-hybridized carbons (Fsp3) is 0.400. The van der Waals surface area contributed by atoms with Crippen molar-refractivity contribution in [1.29, 1.82) is 0 Å². The Morgan fingerprint density at radius 1 is 0.857 bits per heavy atom. The molecule has 21 heavy (non-hydrogen) atoms. The maximum atomic E-state index is 2.43. The first kappa shape index (κ1) is 14.2. The Morgan fingerprint density at radius 3 is 2.05 bits per heavy atom. The molecule has 0 saturated heterocycles. The molecule has 0 amide bonds. The highest BCUT2D eigenvalue weighted by Gasteiger charge is 2.16. The predicted octanol–water partition coefficient (Wildman–Crippen LogP) is 5.67. The molecule has 0 bridgehead atoms. The van der Waals surface area contributed by atoms with E-state index in [2.05, 4.69) is 75.6 Å². The molecular weight excluding hydrogens is 254 g/mol. The SMILES string of the molecule is CCc1ccc2c(c1)c1cc(C(C)(C)C)ccc1n2CC. The third kappa shape index (κ3) is 2.25. The summed E-state index contributed by atoms with van der Waals surface area (Å²) in [5.74, 6) is 0. The van der Waals surface area contributed by atoms with Crippen molar-refractivity contribution in [3.63, 3.8) is 0 Å². The van der Waals surface area contributed by atoms with Crippen LogP contribution in [-0.4, -0.2) is 4.57 Å². The topological polar surface area (TPSA) is 4.93 Å². The summed E-state index contributed by atoms with van der Waals surface area (Å²) in [5.41, 5.74) is 5.73. The number of rotatable bonds is 2. The summed E-state index contributed by atoms with van der Waals surface area (Å²) < 4.78 is 2.43. The van der Waals surface area contributed by atoms with Gasteiger partial charge in [-0.2, -0.15) is 0 Å². The quantitative estimate of drug-likeness (QED) is 0.569. The van der Waals surface area contributed by atoms with Crippen molar-refractivity contribution in [2.24, 2.45) is 0 Å². The minimum atomic E-state index is 0.192. The van der Waals surface area contributed by atoms with Crippen molar-refractivity contribution >= 4 is 21.8 Å². The molecule has 0 saturated carbocycles. The van der Waals surface area contributed by atoms with E-state index in [-0.39, 0.29) is 5.41 Å². The third-order valence-corrected chi connectivity index (χ3v) is 4.52. The van der Waals surface area contributed by atoms with Gasteiger partial charge in [-0.05, 0) is 54.2 Å². The zero-order valence-corrected chi connectivity index (χ0v) is 13.8. The number of hydrogen-bond donors (Lipinski definition) is 0. The lowest BCUT2D eigenvalue weighted by Crippen LogP contribution is -2.10. The van der Waals surface area contributed by atoms with E-state index >= 15 is 0 Å². The van der Waals surface area contributed by atoms with E-state index in [0.717, 1.165) is 13.0 Å². The molecule has 1 heteroatoms. The summed E-state index contributed by atoms with van der Waals surface area (Å²) in [7, 11) is 0. The molecule has 1 heterocycles. The van der Waals surface area contributed by atoms with E-state index < -0.39 is 0 Å². The zero-order valence-electron chi connectivity index (χ0n) is 13.8. The number of benzene rings is 2. The average Bonchev–Trinajstić information content (AvgIpc) is 2.78. The van der Waals surface area contributed by atoms with Crippen LogP contribution >= 0.6 is 0 Å². The molecule has 0 fully saturated rings. The van der Waals surface area contributed by atoms with Gasteiger partial charge in [0.15, 0.2) is 0 Å². The van der Waals surface area contributed by atoms with Gasteiger partial charge in [-0.15, -0.1) is 0 Å². The number of fused-ring (bicyclic) bond motifs is 3. The molecule has 0 atom stereocenters. The predicted molar refractivity (Wildman–Crippen MR) is 93.2 cm³/mol. The summed E-state index contributed by atoms with van der Waals surface area (Å²) >= 11 is 0. The lowest BCUT2D eigenvalue weighted by molar-refractivity contribution is 0.591. The molecule has 0 aliphatic carbocycles. The van der Waals surface area contributed by atoms with Gasteiger partial charge in [0, 0.05) is 28.4 Å². The summed E-state index contributed by atoms with van der Waals surface area (Å²) in [6.07, 6.45) is 1.09. The van der Waals surface area contributed by atoms with E-state index in [1.807, 2.05) is 0 Å². The summed E-state index contributed by atoms with van der Waals surface area (Å²) in [5, 5.41) is 2.80. The van der Waals surface area contributed by atoms with Crippen molar-refractivity contribution in [2.45, 2.75) is 53.0 Å². The summed E-state index contributed by atoms with van der Waals surface area (Å²) in [4.78, 5) is 0. The maximum Gasteiger partial charge on any atom is 0.0491 e. The standard InChI is InChI=1S/C20H25N/c1-6-14-8-10-18-16(12-14)17-13-15(20(3,4)5)9-11-19(17)21(18)7-2/h8-13H,6-7H2,1-5H3. The van der Waals surface area contributed by atoms with E-state index in [1.54, 1.807) is 0 Å². The molecule has 3 rings (SSSR count). The van der Waals surface area contributed by atoms with E-state index in [4.69, 9.17) is 0 Å².